The summed E-state index contributed by atoms with van der Waals surface area (Å²) in [4.78, 5) is 0. The first-order valence-electron chi connectivity index (χ1n) is 12.4. The SMILES string of the molecule is CCc1cc(OCC(CC)(CC)CC)ccc1-c1ccc(-c2ccc(C)cc2)cc1CC. The van der Waals surface area contributed by atoms with Crippen molar-refractivity contribution in [1.29, 1.82) is 0 Å². The van der Waals surface area contributed by atoms with Crippen LogP contribution in [0.15, 0.2) is 60.7 Å². The van der Waals surface area contributed by atoms with Crippen LogP contribution in [0.1, 0.15) is 70.6 Å². The fourth-order valence-corrected chi connectivity index (χ4v) is 4.58. The molecule has 0 radical (unpaired) electrons. The van der Waals surface area contributed by atoms with Crippen molar-refractivity contribution in [2.24, 2.45) is 5.41 Å². The summed E-state index contributed by atoms with van der Waals surface area (Å²) in [6.45, 7) is 14.3. The van der Waals surface area contributed by atoms with E-state index in [2.05, 4.69) is 102 Å². The van der Waals surface area contributed by atoms with Gasteiger partial charge in [0.15, 0.2) is 0 Å². The summed E-state index contributed by atoms with van der Waals surface area (Å²) in [7, 11) is 0. The molecule has 170 valence electrons. The highest BCUT2D eigenvalue weighted by atomic mass is 16.5. The van der Waals surface area contributed by atoms with E-state index in [0.29, 0.717) is 0 Å². The monoisotopic (exact) mass is 428 g/mol. The second-order valence-electron chi connectivity index (χ2n) is 9.11. The number of ether oxygens (including phenoxy) is 1. The van der Waals surface area contributed by atoms with Crippen LogP contribution in [0.2, 0.25) is 0 Å². The molecule has 0 N–H and O–H groups in total. The predicted octanol–water partition coefficient (Wildman–Crippen LogP) is 9.05. The molecule has 0 saturated heterocycles. The lowest BCUT2D eigenvalue weighted by Gasteiger charge is -2.30. The predicted molar refractivity (Wildman–Crippen MR) is 140 cm³/mol. The molecule has 0 amide bonds. The minimum Gasteiger partial charge on any atom is -0.493 e. The maximum atomic E-state index is 6.32. The third kappa shape index (κ3) is 5.26. The summed E-state index contributed by atoms with van der Waals surface area (Å²) in [5.74, 6) is 1.000. The minimum absolute atomic E-state index is 0.284. The average molecular weight is 429 g/mol. The van der Waals surface area contributed by atoms with Crippen molar-refractivity contribution in [2.75, 3.05) is 6.61 Å². The zero-order valence-corrected chi connectivity index (χ0v) is 20.9. The molecule has 3 aromatic rings. The molecule has 0 aliphatic carbocycles. The van der Waals surface area contributed by atoms with Crippen LogP contribution in [0, 0.1) is 12.3 Å². The summed E-state index contributed by atoms with van der Waals surface area (Å²) in [5, 5.41) is 0. The van der Waals surface area contributed by atoms with Crippen molar-refractivity contribution in [3.8, 4) is 28.0 Å². The van der Waals surface area contributed by atoms with Gasteiger partial charge in [-0.1, -0.05) is 88.7 Å². The molecule has 1 heteroatoms. The van der Waals surface area contributed by atoms with Gasteiger partial charge in [0.1, 0.15) is 5.75 Å². The lowest BCUT2D eigenvalue weighted by atomic mass is 9.81. The van der Waals surface area contributed by atoms with Gasteiger partial charge < -0.3 is 4.74 Å². The molecular formula is C31H40O. The van der Waals surface area contributed by atoms with E-state index in [1.54, 1.807) is 0 Å². The minimum atomic E-state index is 0.284. The van der Waals surface area contributed by atoms with Gasteiger partial charge in [-0.25, -0.2) is 0 Å². The molecular weight excluding hydrogens is 388 g/mol. The van der Waals surface area contributed by atoms with E-state index in [1.807, 2.05) is 0 Å². The Labute approximate surface area is 195 Å². The van der Waals surface area contributed by atoms with Crippen LogP contribution < -0.4 is 4.74 Å². The summed E-state index contributed by atoms with van der Waals surface area (Å²) in [5.41, 5.74) is 9.58. The Morgan fingerprint density at radius 1 is 0.625 bits per heavy atom. The second kappa shape index (κ2) is 10.9. The van der Waals surface area contributed by atoms with Gasteiger partial charge in [0.05, 0.1) is 6.61 Å². The van der Waals surface area contributed by atoms with E-state index in [1.165, 1.54) is 38.9 Å². The first kappa shape index (κ1) is 24.1. The van der Waals surface area contributed by atoms with E-state index in [9.17, 15) is 0 Å². The van der Waals surface area contributed by atoms with Crippen LogP contribution in [-0.2, 0) is 12.8 Å². The van der Waals surface area contributed by atoms with E-state index in [0.717, 1.165) is 44.5 Å². The van der Waals surface area contributed by atoms with Crippen molar-refractivity contribution >= 4 is 0 Å². The Kier molecular flexibility index (Phi) is 8.18. The maximum absolute atomic E-state index is 6.32. The summed E-state index contributed by atoms with van der Waals surface area (Å²) in [6, 6.07) is 22.4. The van der Waals surface area contributed by atoms with Crippen molar-refractivity contribution in [1.82, 2.24) is 0 Å². The summed E-state index contributed by atoms with van der Waals surface area (Å²) < 4.78 is 6.32. The van der Waals surface area contributed by atoms with Crippen LogP contribution in [0.25, 0.3) is 22.3 Å². The highest BCUT2D eigenvalue weighted by molar-refractivity contribution is 5.76. The largest absolute Gasteiger partial charge is 0.493 e. The number of aryl methyl sites for hydroxylation is 3. The average Bonchev–Trinajstić information content (AvgIpc) is 2.85. The van der Waals surface area contributed by atoms with Crippen LogP contribution in [-0.4, -0.2) is 6.61 Å². The molecule has 1 nitrogen and oxygen atoms in total. The van der Waals surface area contributed by atoms with E-state index in [-0.39, 0.29) is 5.41 Å². The molecule has 32 heavy (non-hydrogen) atoms. The third-order valence-corrected chi connectivity index (χ3v) is 7.41. The fourth-order valence-electron chi connectivity index (χ4n) is 4.58. The van der Waals surface area contributed by atoms with Crippen LogP contribution in [0.3, 0.4) is 0 Å². The molecule has 0 aliphatic heterocycles. The molecule has 0 aromatic heterocycles. The van der Waals surface area contributed by atoms with E-state index in [4.69, 9.17) is 4.74 Å². The number of rotatable bonds is 10. The van der Waals surface area contributed by atoms with E-state index < -0.39 is 0 Å². The van der Waals surface area contributed by atoms with Gasteiger partial charge in [-0.05, 0) is 84.5 Å². The van der Waals surface area contributed by atoms with Crippen LogP contribution >= 0.6 is 0 Å². The number of hydrogen-bond acceptors (Lipinski definition) is 1. The highest BCUT2D eigenvalue weighted by Crippen LogP contribution is 2.35. The van der Waals surface area contributed by atoms with Gasteiger partial charge in [0.25, 0.3) is 0 Å². The Morgan fingerprint density at radius 3 is 1.72 bits per heavy atom. The zero-order chi connectivity index (χ0) is 23.1. The molecule has 0 fully saturated rings. The van der Waals surface area contributed by atoms with E-state index >= 15 is 0 Å². The number of hydrogen-bond donors (Lipinski definition) is 0. The Bertz CT molecular complexity index is 1000. The van der Waals surface area contributed by atoms with Gasteiger partial charge in [-0.15, -0.1) is 0 Å². The molecule has 3 aromatic carbocycles. The van der Waals surface area contributed by atoms with Crippen LogP contribution in [0.5, 0.6) is 5.75 Å². The Morgan fingerprint density at radius 2 is 1.16 bits per heavy atom. The van der Waals surface area contributed by atoms with Crippen LogP contribution in [0.4, 0.5) is 0 Å². The number of benzene rings is 3. The maximum Gasteiger partial charge on any atom is 0.119 e. The lowest BCUT2D eigenvalue weighted by molar-refractivity contribution is 0.127. The normalized spacial score (nSPS) is 11.6. The standard InChI is InChI=1S/C31H40O/c1-7-24-20-27(26-14-12-23(6)13-15-26)16-18-29(24)30-19-17-28(21-25(30)8-2)32-22-31(9-3,10-4)11-5/h12-21H,7-11,22H2,1-6H3. The summed E-state index contributed by atoms with van der Waals surface area (Å²) in [6.07, 6.45) is 5.49. The molecule has 3 rings (SSSR count). The smallest absolute Gasteiger partial charge is 0.119 e. The van der Waals surface area contributed by atoms with Crippen molar-refractivity contribution in [3.63, 3.8) is 0 Å². The van der Waals surface area contributed by atoms with Gasteiger partial charge in [0, 0.05) is 5.41 Å². The van der Waals surface area contributed by atoms with Crippen molar-refractivity contribution in [3.05, 3.63) is 77.4 Å². The van der Waals surface area contributed by atoms with Gasteiger partial charge in [0.2, 0.25) is 0 Å². The highest BCUT2D eigenvalue weighted by Gasteiger charge is 2.25. The van der Waals surface area contributed by atoms with Crippen molar-refractivity contribution < 1.29 is 4.74 Å². The Hall–Kier alpha value is -2.54. The fraction of sp³-hybridized carbons (Fsp3) is 0.419. The molecule has 0 heterocycles. The third-order valence-electron chi connectivity index (χ3n) is 7.41. The molecule has 0 spiro atoms. The van der Waals surface area contributed by atoms with Crippen molar-refractivity contribution in [2.45, 2.75) is 73.6 Å². The quantitative estimate of drug-likeness (QED) is 0.313. The van der Waals surface area contributed by atoms with Gasteiger partial charge >= 0.3 is 0 Å². The lowest BCUT2D eigenvalue weighted by Crippen LogP contribution is -2.26. The molecule has 0 unspecified atom stereocenters. The molecule has 0 aliphatic rings. The van der Waals surface area contributed by atoms with Gasteiger partial charge in [-0.3, -0.25) is 0 Å². The summed E-state index contributed by atoms with van der Waals surface area (Å²) >= 11 is 0. The zero-order valence-electron chi connectivity index (χ0n) is 20.9. The Balaban J connectivity index is 1.91. The first-order chi connectivity index (χ1) is 15.5. The molecule has 0 bridgehead atoms. The molecule has 0 saturated carbocycles. The molecule has 0 atom stereocenters. The second-order valence-corrected chi connectivity index (χ2v) is 9.11. The topological polar surface area (TPSA) is 9.23 Å². The first-order valence-corrected chi connectivity index (χ1v) is 12.4. The van der Waals surface area contributed by atoms with Gasteiger partial charge in [-0.2, -0.15) is 0 Å².